The van der Waals surface area contributed by atoms with E-state index in [-0.39, 0.29) is 16.4 Å². The molecule has 0 saturated heterocycles. The van der Waals surface area contributed by atoms with Gasteiger partial charge in [-0.3, -0.25) is 4.79 Å². The minimum Gasteiger partial charge on any atom is -0.312 e. The van der Waals surface area contributed by atoms with Crippen LogP contribution in [0.3, 0.4) is 0 Å². The average molecular weight is 363 g/mol. The predicted molar refractivity (Wildman–Crippen MR) is 101 cm³/mol. The fourth-order valence-electron chi connectivity index (χ4n) is 2.36. The van der Waals surface area contributed by atoms with Gasteiger partial charge >= 0.3 is 11.9 Å². The van der Waals surface area contributed by atoms with Gasteiger partial charge in [-0.2, -0.15) is 0 Å². The molecule has 136 valence electrons. The lowest BCUT2D eigenvalue weighted by Crippen LogP contribution is -2.33. The van der Waals surface area contributed by atoms with Crippen molar-refractivity contribution in [3.05, 3.63) is 96.1 Å². The molecule has 27 heavy (non-hydrogen) atoms. The first kappa shape index (κ1) is 15.8. The SMILES string of the molecule is [2H]C([2H])(ON(OC(C)=O)C(=O)c1ccccc1)c1ccc(-c2ccccc2)cc1. The quantitative estimate of drug-likeness (QED) is 0.630. The third-order valence-electron chi connectivity index (χ3n) is 3.64. The Morgan fingerprint density at radius 3 is 2.00 bits per heavy atom. The van der Waals surface area contributed by atoms with Gasteiger partial charge in [-0.1, -0.05) is 72.8 Å². The fourth-order valence-corrected chi connectivity index (χ4v) is 2.36. The molecule has 0 atom stereocenters. The van der Waals surface area contributed by atoms with Gasteiger partial charge in [0.1, 0.15) is 6.56 Å². The lowest BCUT2D eigenvalue weighted by Gasteiger charge is -2.19. The van der Waals surface area contributed by atoms with E-state index in [1.807, 2.05) is 30.3 Å². The Morgan fingerprint density at radius 2 is 1.41 bits per heavy atom. The number of hydrogen-bond acceptors (Lipinski definition) is 4. The molecule has 0 aliphatic carbocycles. The Bertz CT molecular complexity index is 977. The highest BCUT2D eigenvalue weighted by molar-refractivity contribution is 5.93. The smallest absolute Gasteiger partial charge is 0.312 e. The first-order valence-corrected chi connectivity index (χ1v) is 8.30. The molecule has 0 saturated carbocycles. The third kappa shape index (κ3) is 5.03. The number of nitrogens with zero attached hydrogens (tertiary/aromatic N) is 1. The van der Waals surface area contributed by atoms with Crippen LogP contribution in [0.2, 0.25) is 0 Å². The van der Waals surface area contributed by atoms with Crippen LogP contribution >= 0.6 is 0 Å². The van der Waals surface area contributed by atoms with Crippen molar-refractivity contribution >= 4 is 11.9 Å². The van der Waals surface area contributed by atoms with Crippen LogP contribution in [0.25, 0.3) is 11.1 Å². The summed E-state index contributed by atoms with van der Waals surface area (Å²) in [5, 5.41) is 0.281. The summed E-state index contributed by atoms with van der Waals surface area (Å²) in [6.45, 7) is -1.33. The fraction of sp³-hybridized carbons (Fsp3) is 0.0909. The van der Waals surface area contributed by atoms with E-state index in [1.54, 1.807) is 42.5 Å². The lowest BCUT2D eigenvalue weighted by molar-refractivity contribution is -0.312. The van der Waals surface area contributed by atoms with Gasteiger partial charge in [0, 0.05) is 12.5 Å². The molecule has 1 amide bonds. The molecule has 3 aromatic rings. The summed E-state index contributed by atoms with van der Waals surface area (Å²) >= 11 is 0. The second-order valence-corrected chi connectivity index (χ2v) is 5.65. The van der Waals surface area contributed by atoms with Crippen molar-refractivity contribution in [3.8, 4) is 11.1 Å². The number of hydrogen-bond donors (Lipinski definition) is 0. The van der Waals surface area contributed by atoms with Crippen molar-refractivity contribution in [3.63, 3.8) is 0 Å². The standard InChI is InChI=1S/C22H19NO4/c1-17(24)27-23(22(25)21-10-6-3-7-11-21)26-16-18-12-14-20(15-13-18)19-8-4-2-5-9-19/h2-15H,16H2,1H3/i16D2. The van der Waals surface area contributed by atoms with E-state index < -0.39 is 18.4 Å². The van der Waals surface area contributed by atoms with Crippen LogP contribution in [-0.2, 0) is 21.0 Å². The van der Waals surface area contributed by atoms with Crippen molar-refractivity contribution in [2.75, 3.05) is 0 Å². The van der Waals surface area contributed by atoms with E-state index in [2.05, 4.69) is 0 Å². The van der Waals surface area contributed by atoms with Gasteiger partial charge in [0.25, 0.3) is 0 Å². The molecule has 0 fully saturated rings. The number of amides is 1. The summed E-state index contributed by atoms with van der Waals surface area (Å²) in [6.07, 6.45) is 0. The summed E-state index contributed by atoms with van der Waals surface area (Å²) in [4.78, 5) is 34.0. The first-order valence-electron chi connectivity index (χ1n) is 9.30. The van der Waals surface area contributed by atoms with Gasteiger partial charge in [-0.05, 0) is 34.0 Å². The summed E-state index contributed by atoms with van der Waals surface area (Å²) in [6, 6.07) is 24.3. The Hall–Kier alpha value is -3.44. The molecule has 3 rings (SSSR count). The molecule has 0 radical (unpaired) electrons. The highest BCUT2D eigenvalue weighted by atomic mass is 17.0. The summed E-state index contributed by atoms with van der Waals surface area (Å²) in [5.41, 5.74) is 2.24. The molecule has 5 nitrogen and oxygen atoms in total. The zero-order chi connectivity index (χ0) is 20.9. The van der Waals surface area contributed by atoms with Crippen LogP contribution in [0.5, 0.6) is 0 Å². The summed E-state index contributed by atoms with van der Waals surface area (Å²) < 4.78 is 16.5. The Kier molecular flexibility index (Phi) is 5.13. The first-order chi connectivity index (χ1) is 13.9. The van der Waals surface area contributed by atoms with Crippen LogP contribution in [0.4, 0.5) is 0 Å². The van der Waals surface area contributed by atoms with E-state index in [1.165, 1.54) is 12.1 Å². The number of carbonyl (C=O) groups is 2. The van der Waals surface area contributed by atoms with Gasteiger partial charge in [0.15, 0.2) is 0 Å². The topological polar surface area (TPSA) is 55.8 Å². The molecular weight excluding hydrogens is 342 g/mol. The third-order valence-corrected chi connectivity index (χ3v) is 3.64. The zero-order valence-corrected chi connectivity index (χ0v) is 14.7. The maximum absolute atomic E-state index is 12.6. The molecule has 0 bridgehead atoms. The van der Waals surface area contributed by atoms with Crippen LogP contribution in [0.1, 0.15) is 25.6 Å². The van der Waals surface area contributed by atoms with E-state index >= 15 is 0 Å². The predicted octanol–water partition coefficient (Wildman–Crippen LogP) is 4.41. The highest BCUT2D eigenvalue weighted by Crippen LogP contribution is 2.20. The molecule has 0 aliphatic rings. The van der Waals surface area contributed by atoms with Gasteiger partial charge in [0.2, 0.25) is 0 Å². The molecule has 0 unspecified atom stereocenters. The largest absolute Gasteiger partial charge is 0.332 e. The van der Waals surface area contributed by atoms with Gasteiger partial charge in [0.05, 0.1) is 2.74 Å². The van der Waals surface area contributed by atoms with Crippen molar-refractivity contribution in [1.82, 2.24) is 5.23 Å². The van der Waals surface area contributed by atoms with E-state index in [9.17, 15) is 9.59 Å². The van der Waals surface area contributed by atoms with E-state index in [0.29, 0.717) is 0 Å². The molecular formula is C22H19NO4. The van der Waals surface area contributed by atoms with Crippen LogP contribution in [-0.4, -0.2) is 17.1 Å². The Balaban J connectivity index is 1.82. The van der Waals surface area contributed by atoms with Crippen molar-refractivity contribution < 1.29 is 22.0 Å². The minimum atomic E-state index is -2.42. The molecule has 0 aromatic heterocycles. The van der Waals surface area contributed by atoms with Crippen molar-refractivity contribution in [2.24, 2.45) is 0 Å². The highest BCUT2D eigenvalue weighted by Gasteiger charge is 2.20. The number of benzene rings is 3. The summed E-state index contributed by atoms with van der Waals surface area (Å²) in [5.74, 6) is -1.62. The lowest BCUT2D eigenvalue weighted by atomic mass is 10.0. The van der Waals surface area contributed by atoms with Gasteiger partial charge in [-0.15, -0.1) is 0 Å². The minimum absolute atomic E-state index is 0.162. The molecule has 3 aromatic carbocycles. The maximum Gasteiger partial charge on any atom is 0.332 e. The number of hydroxylamine groups is 2. The average Bonchev–Trinajstić information content (AvgIpc) is 2.73. The normalized spacial score (nSPS) is 11.9. The number of rotatable bonds is 5. The number of carbonyl (C=O) groups excluding carboxylic acids is 2. The molecule has 0 aliphatic heterocycles. The van der Waals surface area contributed by atoms with Gasteiger partial charge in [-0.25, -0.2) is 9.63 Å². The molecule has 5 heteroatoms. The molecule has 0 heterocycles. The van der Waals surface area contributed by atoms with Crippen molar-refractivity contribution in [1.29, 1.82) is 0 Å². The van der Waals surface area contributed by atoms with E-state index in [0.717, 1.165) is 18.1 Å². The zero-order valence-electron chi connectivity index (χ0n) is 16.7. The summed E-state index contributed by atoms with van der Waals surface area (Å²) in [7, 11) is 0. The van der Waals surface area contributed by atoms with Crippen LogP contribution in [0, 0.1) is 0 Å². The molecule has 0 N–H and O–H groups in total. The monoisotopic (exact) mass is 363 g/mol. The molecule has 0 spiro atoms. The Labute approximate surface area is 160 Å². The van der Waals surface area contributed by atoms with E-state index in [4.69, 9.17) is 12.4 Å². The second-order valence-electron chi connectivity index (χ2n) is 5.65. The van der Waals surface area contributed by atoms with Crippen LogP contribution in [0.15, 0.2) is 84.9 Å². The maximum atomic E-state index is 12.6. The second kappa shape index (κ2) is 8.78. The Morgan fingerprint density at radius 1 is 0.852 bits per heavy atom. The van der Waals surface area contributed by atoms with Crippen LogP contribution < -0.4 is 0 Å². The van der Waals surface area contributed by atoms with Gasteiger partial charge < -0.3 is 4.84 Å². The van der Waals surface area contributed by atoms with Crippen molar-refractivity contribution in [2.45, 2.75) is 13.5 Å².